The molecule has 1 unspecified atom stereocenters. The third-order valence-corrected chi connectivity index (χ3v) is 4.88. The van der Waals surface area contributed by atoms with Crippen molar-refractivity contribution in [3.05, 3.63) is 16.1 Å². The first kappa shape index (κ1) is 16.0. The van der Waals surface area contributed by atoms with Crippen LogP contribution in [0.25, 0.3) is 0 Å². The molecule has 1 aliphatic rings. The molecule has 6 nitrogen and oxygen atoms in total. The minimum Gasteiger partial charge on any atom is -0.321 e. The second kappa shape index (κ2) is 7.04. The molecule has 2 rings (SSSR count). The van der Waals surface area contributed by atoms with Crippen molar-refractivity contribution in [3.8, 4) is 0 Å². The summed E-state index contributed by atoms with van der Waals surface area (Å²) in [5, 5.41) is 5.24. The highest BCUT2D eigenvalue weighted by molar-refractivity contribution is 7.99. The van der Waals surface area contributed by atoms with E-state index in [1.807, 2.05) is 19.2 Å². The van der Waals surface area contributed by atoms with E-state index in [4.69, 9.17) is 0 Å². The van der Waals surface area contributed by atoms with E-state index in [1.54, 1.807) is 11.3 Å². The van der Waals surface area contributed by atoms with E-state index >= 15 is 0 Å². The molecule has 0 radical (unpaired) electrons. The number of imide groups is 1. The zero-order chi connectivity index (χ0) is 15.4. The number of nitrogens with one attached hydrogen (secondary N) is 1. The standard InChI is InChI=1S/C13H17N3O3S2/c1-3-10-13(19)15-11(17)4-16(10)12(18)7-20-5-9-6-21-8(2)14-9/h6,10H,3-5,7H2,1-2H3,(H,15,17,19). The fourth-order valence-electron chi connectivity index (χ4n) is 2.13. The van der Waals surface area contributed by atoms with Crippen LogP contribution in [0.2, 0.25) is 0 Å². The molecule has 1 saturated heterocycles. The average molecular weight is 327 g/mol. The Hall–Kier alpha value is -1.41. The molecule has 1 aromatic heterocycles. The fraction of sp³-hybridized carbons (Fsp3) is 0.538. The van der Waals surface area contributed by atoms with Gasteiger partial charge in [0, 0.05) is 11.1 Å². The Morgan fingerprint density at radius 2 is 2.33 bits per heavy atom. The number of carbonyl (C=O) groups is 3. The first-order chi connectivity index (χ1) is 10.0. The Labute approximate surface area is 131 Å². The van der Waals surface area contributed by atoms with E-state index in [-0.39, 0.29) is 24.1 Å². The molecule has 1 fully saturated rings. The number of piperazine rings is 1. The van der Waals surface area contributed by atoms with Gasteiger partial charge in [-0.3, -0.25) is 19.7 Å². The second-order valence-electron chi connectivity index (χ2n) is 4.71. The summed E-state index contributed by atoms with van der Waals surface area (Å²) in [4.78, 5) is 41.0. The summed E-state index contributed by atoms with van der Waals surface area (Å²) >= 11 is 3.02. The molecular weight excluding hydrogens is 310 g/mol. The van der Waals surface area contributed by atoms with E-state index in [0.29, 0.717) is 12.2 Å². The van der Waals surface area contributed by atoms with Crippen LogP contribution in [0.3, 0.4) is 0 Å². The van der Waals surface area contributed by atoms with E-state index < -0.39 is 11.9 Å². The van der Waals surface area contributed by atoms with Crippen LogP contribution in [0.4, 0.5) is 0 Å². The first-order valence-corrected chi connectivity index (χ1v) is 8.66. The van der Waals surface area contributed by atoms with Gasteiger partial charge in [-0.1, -0.05) is 6.92 Å². The number of aryl methyl sites for hydroxylation is 1. The highest BCUT2D eigenvalue weighted by Gasteiger charge is 2.35. The van der Waals surface area contributed by atoms with Crippen molar-refractivity contribution in [3.63, 3.8) is 0 Å². The van der Waals surface area contributed by atoms with Gasteiger partial charge in [-0.25, -0.2) is 4.98 Å². The molecule has 1 N–H and O–H groups in total. The number of rotatable bonds is 5. The number of aromatic nitrogens is 1. The molecule has 8 heteroatoms. The van der Waals surface area contributed by atoms with Crippen molar-refractivity contribution < 1.29 is 14.4 Å². The molecule has 1 aromatic rings. The number of carbonyl (C=O) groups excluding carboxylic acids is 3. The highest BCUT2D eigenvalue weighted by Crippen LogP contribution is 2.17. The van der Waals surface area contributed by atoms with Gasteiger partial charge in [-0.2, -0.15) is 0 Å². The van der Waals surface area contributed by atoms with Crippen LogP contribution in [0.5, 0.6) is 0 Å². The highest BCUT2D eigenvalue weighted by atomic mass is 32.2. The lowest BCUT2D eigenvalue weighted by Crippen LogP contribution is -2.59. The summed E-state index contributed by atoms with van der Waals surface area (Å²) in [7, 11) is 0. The number of thiazole rings is 1. The summed E-state index contributed by atoms with van der Waals surface area (Å²) in [6.07, 6.45) is 0.501. The van der Waals surface area contributed by atoms with Crippen molar-refractivity contribution in [2.75, 3.05) is 12.3 Å². The maximum atomic E-state index is 12.2. The number of nitrogens with zero attached hydrogens (tertiary/aromatic N) is 2. The van der Waals surface area contributed by atoms with Gasteiger partial charge in [0.05, 0.1) is 16.5 Å². The molecule has 0 aliphatic carbocycles. The lowest BCUT2D eigenvalue weighted by molar-refractivity contribution is -0.148. The largest absolute Gasteiger partial charge is 0.321 e. The molecule has 2 heterocycles. The topological polar surface area (TPSA) is 79.4 Å². The van der Waals surface area contributed by atoms with E-state index in [2.05, 4.69) is 10.3 Å². The summed E-state index contributed by atoms with van der Waals surface area (Å²) in [5.74, 6) is -0.0866. The van der Waals surface area contributed by atoms with Crippen LogP contribution in [0.15, 0.2) is 5.38 Å². The van der Waals surface area contributed by atoms with Gasteiger partial charge in [0.15, 0.2) is 0 Å². The van der Waals surface area contributed by atoms with Crippen LogP contribution in [-0.4, -0.2) is 45.9 Å². The molecular formula is C13H17N3O3S2. The summed E-state index contributed by atoms with van der Waals surface area (Å²) in [6.45, 7) is 3.72. The fourth-order valence-corrected chi connectivity index (χ4v) is 3.65. The molecule has 1 aliphatic heterocycles. The molecule has 3 amide bonds. The van der Waals surface area contributed by atoms with Crippen molar-refractivity contribution in [2.45, 2.75) is 32.1 Å². The van der Waals surface area contributed by atoms with Crippen LogP contribution < -0.4 is 5.32 Å². The van der Waals surface area contributed by atoms with Crippen LogP contribution >= 0.6 is 23.1 Å². The van der Waals surface area contributed by atoms with Gasteiger partial charge in [-0.05, 0) is 13.3 Å². The minimum absolute atomic E-state index is 0.0422. The van der Waals surface area contributed by atoms with Gasteiger partial charge in [0.2, 0.25) is 17.7 Å². The molecule has 21 heavy (non-hydrogen) atoms. The maximum absolute atomic E-state index is 12.2. The Morgan fingerprint density at radius 3 is 2.95 bits per heavy atom. The molecule has 0 aromatic carbocycles. The molecule has 0 bridgehead atoms. The normalized spacial score (nSPS) is 18.8. The molecule has 1 atom stereocenters. The van der Waals surface area contributed by atoms with E-state index in [1.165, 1.54) is 16.7 Å². The molecule has 0 spiro atoms. The summed E-state index contributed by atoms with van der Waals surface area (Å²) < 4.78 is 0. The Balaban J connectivity index is 1.89. The Kier molecular flexibility index (Phi) is 5.35. The van der Waals surface area contributed by atoms with E-state index in [0.717, 1.165) is 10.7 Å². The average Bonchev–Trinajstić information content (AvgIpc) is 2.83. The predicted molar refractivity (Wildman–Crippen MR) is 82.0 cm³/mol. The monoisotopic (exact) mass is 327 g/mol. The van der Waals surface area contributed by atoms with Crippen molar-refractivity contribution in [1.82, 2.24) is 15.2 Å². The number of hydrogen-bond donors (Lipinski definition) is 1. The van der Waals surface area contributed by atoms with Crippen molar-refractivity contribution in [2.24, 2.45) is 0 Å². The first-order valence-electron chi connectivity index (χ1n) is 6.63. The van der Waals surface area contributed by atoms with Crippen LogP contribution in [0.1, 0.15) is 24.0 Å². The van der Waals surface area contributed by atoms with Crippen molar-refractivity contribution in [1.29, 1.82) is 0 Å². The lowest BCUT2D eigenvalue weighted by Gasteiger charge is -2.33. The quantitative estimate of drug-likeness (QED) is 0.815. The van der Waals surface area contributed by atoms with Crippen LogP contribution in [0, 0.1) is 6.92 Å². The SMILES string of the molecule is CCC1C(=O)NC(=O)CN1C(=O)CSCc1csc(C)n1. The molecule has 0 saturated carbocycles. The summed E-state index contributed by atoms with van der Waals surface area (Å²) in [6, 6.07) is -0.544. The number of amides is 3. The van der Waals surface area contributed by atoms with Crippen LogP contribution in [-0.2, 0) is 20.1 Å². The van der Waals surface area contributed by atoms with Gasteiger partial charge in [-0.15, -0.1) is 23.1 Å². The van der Waals surface area contributed by atoms with Crippen molar-refractivity contribution >= 4 is 40.8 Å². The third-order valence-electron chi connectivity index (χ3n) is 3.10. The lowest BCUT2D eigenvalue weighted by atomic mass is 10.1. The predicted octanol–water partition coefficient (Wildman–Crippen LogP) is 0.948. The zero-order valence-electron chi connectivity index (χ0n) is 11.9. The van der Waals surface area contributed by atoms with Gasteiger partial charge in [0.25, 0.3) is 0 Å². The summed E-state index contributed by atoms with van der Waals surface area (Å²) in [5.41, 5.74) is 0.954. The van der Waals surface area contributed by atoms with Gasteiger partial charge >= 0.3 is 0 Å². The van der Waals surface area contributed by atoms with E-state index in [9.17, 15) is 14.4 Å². The molecule has 114 valence electrons. The van der Waals surface area contributed by atoms with Gasteiger partial charge in [0.1, 0.15) is 12.6 Å². The Bertz CT molecular complexity index is 559. The zero-order valence-corrected chi connectivity index (χ0v) is 13.6. The smallest absolute Gasteiger partial charge is 0.249 e. The second-order valence-corrected chi connectivity index (χ2v) is 6.76. The van der Waals surface area contributed by atoms with Gasteiger partial charge < -0.3 is 4.90 Å². The number of hydrogen-bond acceptors (Lipinski definition) is 6. The minimum atomic E-state index is -0.544. The third kappa shape index (κ3) is 4.04. The number of thioether (sulfide) groups is 1. The maximum Gasteiger partial charge on any atom is 0.249 e. The Morgan fingerprint density at radius 1 is 1.57 bits per heavy atom.